The Hall–Kier alpha value is -0.0800. The maximum Gasteiger partial charge on any atom is 0.189 e. The largest absolute Gasteiger partial charge is 0.333 e. The quantitative estimate of drug-likeness (QED) is 0.383. The summed E-state index contributed by atoms with van der Waals surface area (Å²) >= 11 is 0. The topological polar surface area (TPSA) is 9.23 Å². The van der Waals surface area contributed by atoms with Crippen molar-refractivity contribution in [3.05, 3.63) is 0 Å². The van der Waals surface area contributed by atoms with Gasteiger partial charge in [0.15, 0.2) is 6.23 Å². The smallest absolute Gasteiger partial charge is 0.189 e. The molecule has 0 spiro atoms. The highest BCUT2D eigenvalue weighted by atomic mass is 16.5. The molecule has 2 nitrogen and oxygen atoms in total. The fourth-order valence-electron chi connectivity index (χ4n) is 0.316. The Kier molecular flexibility index (Phi) is 2.44. The molecule has 8 heavy (non-hydrogen) atoms. The molecule has 0 radical (unpaired) electrons. The van der Waals surface area contributed by atoms with E-state index in [1.807, 2.05) is 0 Å². The van der Waals surface area contributed by atoms with Crippen LogP contribution in [0, 0.1) is 0 Å². The average molecular weight is 118 g/mol. The SMILES string of the molecule is COC(C)[N+](C)(C)C. The fraction of sp³-hybridized carbons (Fsp3) is 1.00. The van der Waals surface area contributed by atoms with Crippen LogP contribution < -0.4 is 0 Å². The molecule has 0 aromatic rings. The van der Waals surface area contributed by atoms with Crippen LogP contribution in [-0.4, -0.2) is 39.0 Å². The van der Waals surface area contributed by atoms with Gasteiger partial charge in [-0.15, -0.1) is 0 Å². The number of hydrogen-bond donors (Lipinski definition) is 0. The first kappa shape index (κ1) is 7.92. The molecule has 0 aliphatic rings. The van der Waals surface area contributed by atoms with E-state index in [0.717, 1.165) is 4.48 Å². The van der Waals surface area contributed by atoms with Gasteiger partial charge in [-0.25, -0.2) is 0 Å². The van der Waals surface area contributed by atoms with E-state index in [-0.39, 0.29) is 6.23 Å². The summed E-state index contributed by atoms with van der Waals surface area (Å²) in [5.41, 5.74) is 0. The fourth-order valence-corrected chi connectivity index (χ4v) is 0.316. The highest BCUT2D eigenvalue weighted by Crippen LogP contribution is 2.00. The molecule has 0 bridgehead atoms. The zero-order valence-corrected chi connectivity index (χ0v) is 6.43. The number of rotatable bonds is 2. The van der Waals surface area contributed by atoms with Crippen molar-refractivity contribution in [2.75, 3.05) is 28.3 Å². The maximum absolute atomic E-state index is 5.09. The zero-order chi connectivity index (χ0) is 6.78. The van der Waals surface area contributed by atoms with Gasteiger partial charge in [0.25, 0.3) is 0 Å². The summed E-state index contributed by atoms with van der Waals surface area (Å²) in [4.78, 5) is 0. The number of hydrogen-bond acceptors (Lipinski definition) is 1. The van der Waals surface area contributed by atoms with E-state index in [2.05, 4.69) is 28.1 Å². The third kappa shape index (κ3) is 2.28. The summed E-state index contributed by atoms with van der Waals surface area (Å²) < 4.78 is 5.94. The second-order valence-electron chi connectivity index (χ2n) is 2.95. The third-order valence-electron chi connectivity index (χ3n) is 1.43. The van der Waals surface area contributed by atoms with Crippen LogP contribution in [0.2, 0.25) is 0 Å². The van der Waals surface area contributed by atoms with Crippen LogP contribution in [0.3, 0.4) is 0 Å². The molecule has 1 atom stereocenters. The van der Waals surface area contributed by atoms with Gasteiger partial charge in [-0.2, -0.15) is 0 Å². The minimum Gasteiger partial charge on any atom is -0.333 e. The van der Waals surface area contributed by atoms with E-state index in [0.29, 0.717) is 0 Å². The lowest BCUT2D eigenvalue weighted by Crippen LogP contribution is -2.44. The van der Waals surface area contributed by atoms with Crippen molar-refractivity contribution in [2.45, 2.75) is 13.2 Å². The summed E-state index contributed by atoms with van der Waals surface area (Å²) in [7, 11) is 8.05. The van der Waals surface area contributed by atoms with E-state index in [1.165, 1.54) is 0 Å². The van der Waals surface area contributed by atoms with Crippen molar-refractivity contribution in [2.24, 2.45) is 0 Å². The first-order valence-electron chi connectivity index (χ1n) is 2.82. The van der Waals surface area contributed by atoms with Gasteiger partial charge in [-0.05, 0) is 0 Å². The standard InChI is InChI=1S/C6H16NO/c1-6(8-5)7(2,3)4/h6H,1-5H3/q+1. The number of methoxy groups -OCH3 is 1. The molecule has 2 heteroatoms. The maximum atomic E-state index is 5.09. The van der Waals surface area contributed by atoms with Crippen LogP contribution in [0.5, 0.6) is 0 Å². The lowest BCUT2D eigenvalue weighted by atomic mass is 10.5. The molecule has 0 N–H and O–H groups in total. The second kappa shape index (κ2) is 2.46. The number of quaternary nitrogens is 1. The van der Waals surface area contributed by atoms with Gasteiger partial charge in [-0.3, -0.25) is 0 Å². The van der Waals surface area contributed by atoms with E-state index < -0.39 is 0 Å². The van der Waals surface area contributed by atoms with Crippen molar-refractivity contribution in [1.82, 2.24) is 0 Å². The third-order valence-corrected chi connectivity index (χ3v) is 1.43. The minimum absolute atomic E-state index is 0.287. The van der Waals surface area contributed by atoms with E-state index in [9.17, 15) is 0 Å². The normalized spacial score (nSPS) is 16.1. The lowest BCUT2D eigenvalue weighted by molar-refractivity contribution is -0.916. The van der Waals surface area contributed by atoms with Crippen LogP contribution in [0.15, 0.2) is 0 Å². The van der Waals surface area contributed by atoms with Gasteiger partial charge >= 0.3 is 0 Å². The van der Waals surface area contributed by atoms with Crippen molar-refractivity contribution in [3.8, 4) is 0 Å². The summed E-state index contributed by atoms with van der Waals surface area (Å²) in [5, 5.41) is 0. The van der Waals surface area contributed by atoms with Crippen LogP contribution in [0.25, 0.3) is 0 Å². The van der Waals surface area contributed by atoms with Gasteiger partial charge in [0.05, 0.1) is 21.1 Å². The molecular weight excluding hydrogens is 102 g/mol. The Morgan fingerprint density at radius 1 is 1.25 bits per heavy atom. The van der Waals surface area contributed by atoms with E-state index in [4.69, 9.17) is 4.74 Å². The van der Waals surface area contributed by atoms with Crippen molar-refractivity contribution >= 4 is 0 Å². The Balaban J connectivity index is 3.62. The number of ether oxygens (including phenoxy) is 1. The molecule has 0 saturated heterocycles. The van der Waals surface area contributed by atoms with Crippen molar-refractivity contribution in [3.63, 3.8) is 0 Å². The average Bonchev–Trinajstić information content (AvgIpc) is 1.62. The highest BCUT2D eigenvalue weighted by molar-refractivity contribution is 4.23. The molecule has 0 heterocycles. The van der Waals surface area contributed by atoms with E-state index in [1.54, 1.807) is 7.11 Å². The van der Waals surface area contributed by atoms with Gasteiger partial charge in [0.2, 0.25) is 0 Å². The van der Waals surface area contributed by atoms with Gasteiger partial charge in [0, 0.05) is 14.0 Å². The van der Waals surface area contributed by atoms with Gasteiger partial charge in [0.1, 0.15) is 0 Å². The van der Waals surface area contributed by atoms with Gasteiger partial charge in [-0.1, -0.05) is 0 Å². The predicted octanol–water partition coefficient (Wildman–Crippen LogP) is 0.685. The highest BCUT2D eigenvalue weighted by Gasteiger charge is 2.15. The molecular formula is C6H16NO+. The molecule has 0 fully saturated rings. The van der Waals surface area contributed by atoms with Crippen LogP contribution >= 0.6 is 0 Å². The Labute approximate surface area is 51.6 Å². The van der Waals surface area contributed by atoms with Crippen LogP contribution in [0.4, 0.5) is 0 Å². The molecule has 0 aliphatic carbocycles. The molecule has 0 aromatic heterocycles. The second-order valence-corrected chi connectivity index (χ2v) is 2.95. The number of nitrogens with zero attached hydrogens (tertiary/aromatic N) is 1. The van der Waals surface area contributed by atoms with Crippen molar-refractivity contribution < 1.29 is 9.22 Å². The zero-order valence-electron chi connectivity index (χ0n) is 6.43. The molecule has 0 aliphatic heterocycles. The molecule has 1 unspecified atom stereocenters. The Morgan fingerprint density at radius 2 is 1.62 bits per heavy atom. The van der Waals surface area contributed by atoms with Gasteiger partial charge < -0.3 is 9.22 Å². The minimum atomic E-state index is 0.287. The predicted molar refractivity (Wildman–Crippen MR) is 34.5 cm³/mol. The van der Waals surface area contributed by atoms with E-state index >= 15 is 0 Å². The molecule has 0 rings (SSSR count). The molecule has 0 saturated carbocycles. The first-order chi connectivity index (χ1) is 3.48. The first-order valence-corrected chi connectivity index (χ1v) is 2.82. The molecule has 50 valence electrons. The summed E-state index contributed by atoms with van der Waals surface area (Å²) in [6.07, 6.45) is 0.287. The Morgan fingerprint density at radius 3 is 1.62 bits per heavy atom. The summed E-state index contributed by atoms with van der Waals surface area (Å²) in [5.74, 6) is 0. The van der Waals surface area contributed by atoms with Crippen LogP contribution in [-0.2, 0) is 4.74 Å². The van der Waals surface area contributed by atoms with Crippen molar-refractivity contribution in [1.29, 1.82) is 0 Å². The molecule has 0 aromatic carbocycles. The summed E-state index contributed by atoms with van der Waals surface area (Å²) in [6.45, 7) is 2.06. The Bertz CT molecular complexity index is 65.4. The monoisotopic (exact) mass is 118 g/mol. The lowest BCUT2D eigenvalue weighted by Gasteiger charge is -2.29. The van der Waals surface area contributed by atoms with Crippen LogP contribution in [0.1, 0.15) is 6.92 Å². The summed E-state index contributed by atoms with van der Waals surface area (Å²) in [6, 6.07) is 0. The molecule has 0 amide bonds.